The van der Waals surface area contributed by atoms with Crippen molar-refractivity contribution in [1.29, 1.82) is 0 Å². The van der Waals surface area contributed by atoms with Crippen molar-refractivity contribution in [3.8, 4) is 0 Å². The van der Waals surface area contributed by atoms with E-state index in [-0.39, 0.29) is 19.4 Å². The van der Waals surface area contributed by atoms with Gasteiger partial charge in [0, 0.05) is 12.8 Å². The molecular weight excluding hydrogens is 687 g/mol. The zero-order chi connectivity index (χ0) is 38.7. The molecule has 0 aliphatic rings. The van der Waals surface area contributed by atoms with E-state index in [2.05, 4.69) is 37.4 Å². The normalized spacial score (nSPS) is 15.5. The molecule has 0 aromatic rings. The Hall–Kier alpha value is -2.63. The molecule has 0 aromatic carbocycles. The van der Waals surface area contributed by atoms with Gasteiger partial charge >= 0.3 is 19.8 Å². The highest BCUT2D eigenvalue weighted by atomic mass is 31.2. The maximum atomic E-state index is 12.5. The van der Waals surface area contributed by atoms with Crippen molar-refractivity contribution in [2.75, 3.05) is 26.4 Å². The summed E-state index contributed by atoms with van der Waals surface area (Å²) in [7, 11) is -4.65. The third-order valence-electron chi connectivity index (χ3n) is 7.40. The maximum absolute atomic E-state index is 12.5. The van der Waals surface area contributed by atoms with Gasteiger partial charge in [-0.1, -0.05) is 132 Å². The largest absolute Gasteiger partial charge is 0.472 e. The van der Waals surface area contributed by atoms with Gasteiger partial charge in [0.15, 0.2) is 6.10 Å². The van der Waals surface area contributed by atoms with Gasteiger partial charge in [0.1, 0.15) is 12.7 Å². The first-order valence-corrected chi connectivity index (χ1v) is 20.4. The van der Waals surface area contributed by atoms with Crippen molar-refractivity contribution in [2.24, 2.45) is 5.92 Å². The minimum absolute atomic E-state index is 0.0322. The van der Waals surface area contributed by atoms with E-state index in [1.54, 1.807) is 6.08 Å². The van der Waals surface area contributed by atoms with Crippen LogP contribution in [0.15, 0.2) is 72.9 Å². The van der Waals surface area contributed by atoms with Crippen molar-refractivity contribution in [1.82, 2.24) is 0 Å². The molecule has 0 aliphatic heterocycles. The average molecular weight is 755 g/mol. The van der Waals surface area contributed by atoms with Crippen molar-refractivity contribution in [3.63, 3.8) is 0 Å². The molecule has 4 atom stereocenters. The summed E-state index contributed by atoms with van der Waals surface area (Å²) >= 11 is 0. The zero-order valence-electron chi connectivity index (χ0n) is 31.8. The molecule has 0 saturated carbocycles. The van der Waals surface area contributed by atoms with Gasteiger partial charge in [0.25, 0.3) is 0 Å². The van der Waals surface area contributed by atoms with Crippen LogP contribution in [0.5, 0.6) is 0 Å². The molecule has 0 rings (SSSR count). The van der Waals surface area contributed by atoms with E-state index in [4.69, 9.17) is 19.1 Å². The number of aliphatic hydroxyl groups excluding tert-OH is 3. The maximum Gasteiger partial charge on any atom is 0.472 e. The Morgan fingerprint density at radius 1 is 0.712 bits per heavy atom. The highest BCUT2D eigenvalue weighted by Gasteiger charge is 2.27. The number of allylic oxidation sites excluding steroid dienone is 10. The second-order valence-corrected chi connectivity index (χ2v) is 14.4. The number of esters is 2. The van der Waals surface area contributed by atoms with E-state index in [9.17, 15) is 29.3 Å². The third-order valence-corrected chi connectivity index (χ3v) is 8.35. The number of hydrogen-bond acceptors (Lipinski definition) is 10. The van der Waals surface area contributed by atoms with Gasteiger partial charge in [-0.3, -0.25) is 18.6 Å². The Morgan fingerprint density at radius 3 is 2.02 bits per heavy atom. The van der Waals surface area contributed by atoms with E-state index in [1.807, 2.05) is 54.7 Å². The fraction of sp³-hybridized carbons (Fsp3) is 0.650. The molecule has 52 heavy (non-hydrogen) atoms. The standard InChI is InChI=1S/C40H67O11P/c1-4-5-6-7-17-22-27-36(42)28-23-18-12-10-8-9-11-13-20-25-30-40(45)51-38(34-50-52(46,47)49-32-37(43)31-41)33-48-39(44)29-24-19-15-14-16-21-26-35(2)3/h5-6,8-9,12-13,17-18,20,22-23,28,35-38,41-43H,4,7,10-11,14-16,19,21,24-27,29-34H2,1-3H3,(H,46,47)/b6-5-,9-8-,18-12-,20-13-,22-17-,28-23+/t36?,37-,38+/m0/s1. The summed E-state index contributed by atoms with van der Waals surface area (Å²) in [5, 5.41) is 28.2. The molecule has 11 nitrogen and oxygen atoms in total. The summed E-state index contributed by atoms with van der Waals surface area (Å²) in [6.07, 6.45) is 32.4. The molecule has 0 aromatic heterocycles. The number of aliphatic hydroxyl groups is 3. The van der Waals surface area contributed by atoms with E-state index in [0.29, 0.717) is 31.6 Å². The summed E-state index contributed by atoms with van der Waals surface area (Å²) in [5.41, 5.74) is 0. The average Bonchev–Trinajstić information content (AvgIpc) is 3.11. The van der Waals surface area contributed by atoms with E-state index in [1.165, 1.54) is 19.3 Å². The molecule has 0 radical (unpaired) electrons. The molecule has 298 valence electrons. The number of rotatable bonds is 33. The highest BCUT2D eigenvalue weighted by molar-refractivity contribution is 7.47. The van der Waals surface area contributed by atoms with Crippen molar-refractivity contribution in [3.05, 3.63) is 72.9 Å². The van der Waals surface area contributed by atoms with Crippen molar-refractivity contribution < 1.29 is 52.9 Å². The molecule has 0 fully saturated rings. The SMILES string of the molecule is CC/C=C\C/C=C\CC(O)/C=C/C=C\C/C=C\C/C=C\CCC(=O)O[C@H](COC(=O)CCCCCCCCC(C)C)COP(=O)(O)OC[C@@H](O)CO. The molecule has 0 saturated heterocycles. The molecular formula is C40H67O11P. The smallest absolute Gasteiger partial charge is 0.462 e. The van der Waals surface area contributed by atoms with Crippen molar-refractivity contribution >= 4 is 19.8 Å². The summed E-state index contributed by atoms with van der Waals surface area (Å²) in [5.74, 6) is -0.358. The second kappa shape index (κ2) is 34.2. The molecule has 0 amide bonds. The van der Waals surface area contributed by atoms with Gasteiger partial charge < -0.3 is 29.7 Å². The number of carbonyl (C=O) groups is 2. The van der Waals surface area contributed by atoms with Crippen LogP contribution in [-0.4, -0.2) is 76.9 Å². The van der Waals surface area contributed by atoms with E-state index < -0.39 is 57.9 Å². The first-order valence-electron chi connectivity index (χ1n) is 18.9. The van der Waals surface area contributed by atoms with Crippen LogP contribution < -0.4 is 0 Å². The summed E-state index contributed by atoms with van der Waals surface area (Å²) in [6, 6.07) is 0. The van der Waals surface area contributed by atoms with Crippen LogP contribution >= 0.6 is 7.82 Å². The van der Waals surface area contributed by atoms with Crippen molar-refractivity contribution in [2.45, 2.75) is 135 Å². The van der Waals surface area contributed by atoms with E-state index >= 15 is 0 Å². The van der Waals surface area contributed by atoms with Gasteiger partial charge in [0.05, 0.1) is 25.9 Å². The molecule has 0 aliphatic carbocycles. The number of unbranched alkanes of at least 4 members (excludes halogenated alkanes) is 5. The van der Waals surface area contributed by atoms with E-state index in [0.717, 1.165) is 38.5 Å². The van der Waals surface area contributed by atoms with Gasteiger partial charge in [0.2, 0.25) is 0 Å². The molecule has 0 spiro atoms. The Kier molecular flexibility index (Phi) is 32.4. The zero-order valence-corrected chi connectivity index (χ0v) is 32.7. The van der Waals surface area contributed by atoms with Crippen LogP contribution in [0.1, 0.15) is 117 Å². The molecule has 4 N–H and O–H groups in total. The molecule has 12 heteroatoms. The van der Waals surface area contributed by atoms with Gasteiger partial charge in [-0.15, -0.1) is 0 Å². The first-order chi connectivity index (χ1) is 25.0. The van der Waals surface area contributed by atoms with Crippen LogP contribution in [0.3, 0.4) is 0 Å². The Bertz CT molecular complexity index is 1130. The lowest BCUT2D eigenvalue weighted by Gasteiger charge is -2.20. The fourth-order valence-corrected chi connectivity index (χ4v) is 5.25. The number of carbonyl (C=O) groups excluding carboxylic acids is 2. The minimum Gasteiger partial charge on any atom is -0.462 e. The third kappa shape index (κ3) is 34.5. The van der Waals surface area contributed by atoms with Gasteiger partial charge in [-0.2, -0.15) is 0 Å². The van der Waals surface area contributed by atoms with Crippen LogP contribution in [0.25, 0.3) is 0 Å². The molecule has 2 unspecified atom stereocenters. The Morgan fingerprint density at radius 2 is 1.33 bits per heavy atom. The quantitative estimate of drug-likeness (QED) is 0.0168. The summed E-state index contributed by atoms with van der Waals surface area (Å²) in [6.45, 7) is 4.27. The second-order valence-electron chi connectivity index (χ2n) is 12.9. The lowest BCUT2D eigenvalue weighted by molar-refractivity contribution is -0.161. The minimum atomic E-state index is -4.65. The Labute approximate surface area is 312 Å². The van der Waals surface area contributed by atoms with Gasteiger partial charge in [-0.05, 0) is 50.9 Å². The number of hydrogen-bond donors (Lipinski definition) is 4. The first kappa shape index (κ1) is 49.4. The van der Waals surface area contributed by atoms with Crippen LogP contribution in [0, 0.1) is 5.92 Å². The monoisotopic (exact) mass is 754 g/mol. The number of ether oxygens (including phenoxy) is 2. The Balaban J connectivity index is 4.58. The predicted molar refractivity (Wildman–Crippen MR) is 206 cm³/mol. The lowest BCUT2D eigenvalue weighted by atomic mass is 10.0. The summed E-state index contributed by atoms with van der Waals surface area (Å²) < 4.78 is 32.4. The van der Waals surface area contributed by atoms with Crippen LogP contribution in [-0.2, 0) is 32.7 Å². The number of phosphoric acid groups is 1. The lowest BCUT2D eigenvalue weighted by Crippen LogP contribution is -2.29. The van der Waals surface area contributed by atoms with Crippen LogP contribution in [0.2, 0.25) is 0 Å². The molecule has 0 heterocycles. The molecule has 0 bridgehead atoms. The topological polar surface area (TPSA) is 169 Å². The van der Waals surface area contributed by atoms with Gasteiger partial charge in [-0.25, -0.2) is 4.57 Å². The predicted octanol–water partition coefficient (Wildman–Crippen LogP) is 8.15. The summed E-state index contributed by atoms with van der Waals surface area (Å²) in [4.78, 5) is 34.7. The number of phosphoric ester groups is 1. The van der Waals surface area contributed by atoms with Crippen LogP contribution in [0.4, 0.5) is 0 Å². The highest BCUT2D eigenvalue weighted by Crippen LogP contribution is 2.43. The fourth-order valence-electron chi connectivity index (χ4n) is 4.46.